The molecule has 0 bridgehead atoms. The predicted octanol–water partition coefficient (Wildman–Crippen LogP) is -0.574. The molecule has 13 heavy (non-hydrogen) atoms. The van der Waals surface area contributed by atoms with Gasteiger partial charge in [-0.25, -0.2) is 4.79 Å². The highest BCUT2D eigenvalue weighted by atomic mass is 127. The summed E-state index contributed by atoms with van der Waals surface area (Å²) < 4.78 is -0.380. The molecule has 0 aromatic rings. The Kier molecular flexibility index (Phi) is 3.07. The number of amides is 3. The first-order valence-corrected chi connectivity index (χ1v) is 4.71. The van der Waals surface area contributed by atoms with Crippen molar-refractivity contribution < 1.29 is 19.5 Å². The molecular formula is C6H7IN2O4. The van der Waals surface area contributed by atoms with Crippen molar-refractivity contribution in [3.63, 3.8) is 0 Å². The van der Waals surface area contributed by atoms with Crippen LogP contribution in [0, 0.1) is 0 Å². The molecule has 7 heteroatoms. The summed E-state index contributed by atoms with van der Waals surface area (Å²) in [6, 6.07) is -0.639. The molecule has 1 unspecified atom stereocenters. The normalized spacial score (nSPS) is 22.8. The van der Waals surface area contributed by atoms with Gasteiger partial charge in [0.2, 0.25) is 5.91 Å². The van der Waals surface area contributed by atoms with Gasteiger partial charge in [-0.15, -0.1) is 0 Å². The van der Waals surface area contributed by atoms with Crippen LogP contribution >= 0.6 is 22.6 Å². The second-order valence-electron chi connectivity index (χ2n) is 2.54. The molecule has 0 saturated carbocycles. The molecule has 1 fully saturated rings. The number of hydrogen-bond donors (Lipinski definition) is 2. The van der Waals surface area contributed by atoms with E-state index in [1.807, 2.05) is 22.6 Å². The molecular weight excluding hydrogens is 291 g/mol. The number of halogens is 1. The number of urea groups is 1. The summed E-state index contributed by atoms with van der Waals surface area (Å²) in [4.78, 5) is 33.3. The molecule has 1 rings (SSSR count). The fraction of sp³-hybridized carbons (Fsp3) is 0.500. The quantitative estimate of drug-likeness (QED) is 0.528. The second-order valence-corrected chi connectivity index (χ2v) is 4.04. The molecule has 1 heterocycles. The van der Waals surface area contributed by atoms with Crippen LogP contribution in [0.4, 0.5) is 4.79 Å². The number of rotatable bonds is 2. The average molecular weight is 298 g/mol. The smallest absolute Gasteiger partial charge is 0.324 e. The van der Waals surface area contributed by atoms with Gasteiger partial charge in [-0.1, -0.05) is 22.6 Å². The van der Waals surface area contributed by atoms with E-state index in [0.717, 1.165) is 4.90 Å². The van der Waals surface area contributed by atoms with E-state index in [4.69, 9.17) is 5.11 Å². The minimum absolute atomic E-state index is 0.150. The number of carboxylic acids is 1. The highest BCUT2D eigenvalue weighted by Crippen LogP contribution is 2.09. The Morgan fingerprint density at radius 2 is 2.31 bits per heavy atom. The number of alkyl halides is 1. The zero-order valence-electron chi connectivity index (χ0n) is 6.49. The van der Waals surface area contributed by atoms with Gasteiger partial charge in [0.15, 0.2) is 0 Å². The van der Waals surface area contributed by atoms with Crippen molar-refractivity contribution in [2.45, 2.75) is 3.92 Å². The number of carbonyl (C=O) groups is 3. The van der Waals surface area contributed by atoms with Crippen LogP contribution < -0.4 is 5.32 Å². The highest BCUT2D eigenvalue weighted by molar-refractivity contribution is 14.1. The van der Waals surface area contributed by atoms with Gasteiger partial charge in [0.05, 0.1) is 0 Å². The standard InChI is InChI=1S/C6H7IN2O4/c7-3-1-9(2-4(10)11)6(13)8-5(3)12/h3H,1-2H2,(H,10,11)(H,8,12,13). The Bertz CT molecular complexity index is 267. The van der Waals surface area contributed by atoms with E-state index in [0.29, 0.717) is 0 Å². The van der Waals surface area contributed by atoms with Crippen LogP contribution in [-0.4, -0.2) is 44.9 Å². The number of imide groups is 1. The topological polar surface area (TPSA) is 86.7 Å². The summed E-state index contributed by atoms with van der Waals surface area (Å²) >= 11 is 1.86. The minimum Gasteiger partial charge on any atom is -0.480 e. The van der Waals surface area contributed by atoms with E-state index in [9.17, 15) is 14.4 Å². The van der Waals surface area contributed by atoms with Gasteiger partial charge in [-0.2, -0.15) is 0 Å². The lowest BCUT2D eigenvalue weighted by molar-refractivity contribution is -0.138. The van der Waals surface area contributed by atoms with Crippen molar-refractivity contribution in [2.75, 3.05) is 13.1 Å². The fourth-order valence-electron chi connectivity index (χ4n) is 0.922. The molecule has 1 atom stereocenters. The van der Waals surface area contributed by atoms with E-state index < -0.39 is 12.0 Å². The van der Waals surface area contributed by atoms with Gasteiger partial charge in [0.1, 0.15) is 10.5 Å². The highest BCUT2D eigenvalue weighted by Gasteiger charge is 2.30. The summed E-state index contributed by atoms with van der Waals surface area (Å²) in [6.45, 7) is -0.226. The lowest BCUT2D eigenvalue weighted by Gasteiger charge is -2.27. The number of hydrogen-bond acceptors (Lipinski definition) is 3. The van der Waals surface area contributed by atoms with E-state index in [1.165, 1.54) is 0 Å². The molecule has 3 amide bonds. The van der Waals surface area contributed by atoms with E-state index in [2.05, 4.69) is 5.32 Å². The molecule has 6 nitrogen and oxygen atoms in total. The van der Waals surface area contributed by atoms with E-state index >= 15 is 0 Å². The van der Waals surface area contributed by atoms with E-state index in [1.54, 1.807) is 0 Å². The van der Waals surface area contributed by atoms with Crippen LogP contribution in [0.1, 0.15) is 0 Å². The first-order chi connectivity index (χ1) is 6.00. The monoisotopic (exact) mass is 298 g/mol. The molecule has 1 aliphatic rings. The molecule has 1 saturated heterocycles. The van der Waals surface area contributed by atoms with Gasteiger partial charge in [-0.05, 0) is 0 Å². The molecule has 0 aromatic carbocycles. The maximum atomic E-state index is 11.0. The summed E-state index contributed by atoms with van der Waals surface area (Å²) in [6.07, 6.45) is 0. The van der Waals surface area contributed by atoms with Gasteiger partial charge in [0, 0.05) is 6.54 Å². The Hall–Kier alpha value is -0.860. The van der Waals surface area contributed by atoms with Crippen molar-refractivity contribution in [3.8, 4) is 0 Å². The Labute approximate surface area is 87.4 Å². The van der Waals surface area contributed by atoms with Crippen molar-refractivity contribution in [2.24, 2.45) is 0 Å². The second kappa shape index (κ2) is 3.90. The molecule has 72 valence electrons. The summed E-state index contributed by atoms with van der Waals surface area (Å²) in [5.41, 5.74) is 0. The van der Waals surface area contributed by atoms with Crippen LogP contribution in [0.3, 0.4) is 0 Å². The largest absolute Gasteiger partial charge is 0.480 e. The third-order valence-electron chi connectivity index (χ3n) is 1.51. The number of carboxylic acid groups (broad SMARTS) is 1. The van der Waals surface area contributed by atoms with Crippen molar-refractivity contribution in [1.29, 1.82) is 0 Å². The van der Waals surface area contributed by atoms with Gasteiger partial charge < -0.3 is 10.0 Å². The lowest BCUT2D eigenvalue weighted by Crippen LogP contribution is -2.56. The number of nitrogens with one attached hydrogen (secondary N) is 1. The maximum absolute atomic E-state index is 11.0. The van der Waals surface area contributed by atoms with Gasteiger partial charge in [-0.3, -0.25) is 14.9 Å². The van der Waals surface area contributed by atoms with Gasteiger partial charge in [0.25, 0.3) is 0 Å². The molecule has 0 aromatic heterocycles. The van der Waals surface area contributed by atoms with Gasteiger partial charge >= 0.3 is 12.0 Å². The lowest BCUT2D eigenvalue weighted by atomic mass is 10.3. The van der Waals surface area contributed by atoms with Crippen LogP contribution in [0.5, 0.6) is 0 Å². The zero-order valence-corrected chi connectivity index (χ0v) is 8.65. The fourth-order valence-corrected chi connectivity index (χ4v) is 1.55. The third kappa shape index (κ3) is 2.54. The molecule has 2 N–H and O–H groups in total. The van der Waals surface area contributed by atoms with Crippen LogP contribution in [-0.2, 0) is 9.59 Å². The third-order valence-corrected chi connectivity index (χ3v) is 2.47. The molecule has 0 radical (unpaired) electrons. The summed E-state index contributed by atoms with van der Waals surface area (Å²) in [5.74, 6) is -1.46. The molecule has 1 aliphatic heterocycles. The Morgan fingerprint density at radius 1 is 1.69 bits per heavy atom. The Morgan fingerprint density at radius 3 is 2.85 bits per heavy atom. The maximum Gasteiger partial charge on any atom is 0.324 e. The number of aliphatic carboxylic acids is 1. The minimum atomic E-state index is -1.09. The van der Waals surface area contributed by atoms with Crippen LogP contribution in [0.2, 0.25) is 0 Å². The van der Waals surface area contributed by atoms with E-state index in [-0.39, 0.29) is 22.9 Å². The van der Waals surface area contributed by atoms with Crippen molar-refractivity contribution in [1.82, 2.24) is 10.2 Å². The zero-order chi connectivity index (χ0) is 10.0. The van der Waals surface area contributed by atoms with Crippen LogP contribution in [0.15, 0.2) is 0 Å². The van der Waals surface area contributed by atoms with Crippen molar-refractivity contribution in [3.05, 3.63) is 0 Å². The first kappa shape index (κ1) is 10.2. The van der Waals surface area contributed by atoms with Crippen LogP contribution in [0.25, 0.3) is 0 Å². The number of carbonyl (C=O) groups excluding carboxylic acids is 2. The average Bonchev–Trinajstić information content (AvgIpc) is 1.99. The summed E-state index contributed by atoms with van der Waals surface area (Å²) in [5, 5.41) is 10.5. The molecule has 0 aliphatic carbocycles. The predicted molar refractivity (Wildman–Crippen MR) is 50.6 cm³/mol. The Balaban J connectivity index is 2.61. The number of nitrogens with zero attached hydrogens (tertiary/aromatic N) is 1. The summed E-state index contributed by atoms with van der Waals surface area (Å²) in [7, 11) is 0. The van der Waals surface area contributed by atoms with Crippen molar-refractivity contribution >= 4 is 40.5 Å². The first-order valence-electron chi connectivity index (χ1n) is 3.46. The molecule has 0 spiro atoms. The SMILES string of the molecule is O=C(O)CN1CC(I)C(=O)NC1=O.